The van der Waals surface area contributed by atoms with Gasteiger partial charge >= 0.3 is 11.8 Å². The summed E-state index contributed by atoms with van der Waals surface area (Å²) in [5, 5.41) is 4.73. The molecule has 17 heavy (non-hydrogen) atoms. The van der Waals surface area contributed by atoms with Crippen molar-refractivity contribution in [1.29, 1.82) is 0 Å². The maximum Gasteiger partial charge on any atom is 0.309 e. The van der Waals surface area contributed by atoms with Crippen molar-refractivity contribution in [2.24, 2.45) is 5.73 Å². The Kier molecular flexibility index (Phi) is 5.02. The molecule has 1 rings (SSSR count). The van der Waals surface area contributed by atoms with E-state index in [-0.39, 0.29) is 18.1 Å². The summed E-state index contributed by atoms with van der Waals surface area (Å²) in [4.78, 5) is 26.5. The highest BCUT2D eigenvalue weighted by Crippen LogP contribution is 1.93. The average Bonchev–Trinajstić information content (AvgIpc) is 2.34. The van der Waals surface area contributed by atoms with Crippen LogP contribution in [0.1, 0.15) is 5.56 Å². The van der Waals surface area contributed by atoms with Gasteiger partial charge in [-0.25, -0.2) is 0 Å². The first-order valence-electron chi connectivity index (χ1n) is 4.83. The van der Waals surface area contributed by atoms with Crippen LogP contribution in [0.5, 0.6) is 0 Å². The molecule has 0 aromatic carbocycles. The van der Waals surface area contributed by atoms with Gasteiger partial charge in [-0.2, -0.15) is 0 Å². The lowest BCUT2D eigenvalue weighted by Gasteiger charge is -2.05. The summed E-state index contributed by atoms with van der Waals surface area (Å²) >= 11 is 4.56. The van der Waals surface area contributed by atoms with E-state index in [1.807, 2.05) is 0 Å². The minimum Gasteiger partial charge on any atom is -0.392 e. The number of nitrogens with two attached hydrogens (primary N) is 1. The Morgan fingerprint density at radius 2 is 2.06 bits per heavy atom. The van der Waals surface area contributed by atoms with Crippen LogP contribution in [-0.2, 0) is 16.1 Å². The molecule has 0 atom stereocenters. The Hall–Kier alpha value is -2.02. The van der Waals surface area contributed by atoms with Gasteiger partial charge in [0.05, 0.1) is 11.5 Å². The van der Waals surface area contributed by atoms with Crippen LogP contribution in [-0.4, -0.2) is 28.3 Å². The van der Waals surface area contributed by atoms with Crippen molar-refractivity contribution in [1.82, 2.24) is 15.6 Å². The molecule has 0 spiro atoms. The Labute approximate surface area is 104 Å². The van der Waals surface area contributed by atoms with Crippen LogP contribution in [0.15, 0.2) is 24.5 Å². The molecule has 0 unspecified atom stereocenters. The van der Waals surface area contributed by atoms with Gasteiger partial charge in [0.1, 0.15) is 0 Å². The number of amides is 2. The molecular weight excluding hydrogens is 240 g/mol. The lowest BCUT2D eigenvalue weighted by Crippen LogP contribution is -2.42. The summed E-state index contributed by atoms with van der Waals surface area (Å²) in [7, 11) is 0. The number of thiocarbonyl (C=S) groups is 1. The molecular formula is C10H12N4O2S. The molecule has 90 valence electrons. The zero-order chi connectivity index (χ0) is 12.7. The summed E-state index contributed by atoms with van der Waals surface area (Å²) in [6.45, 7) is 0.252. The number of nitrogens with one attached hydrogen (secondary N) is 2. The minimum atomic E-state index is -0.762. The van der Waals surface area contributed by atoms with Crippen LogP contribution in [0.25, 0.3) is 0 Å². The topological polar surface area (TPSA) is 97.1 Å². The van der Waals surface area contributed by atoms with Crippen LogP contribution in [0.4, 0.5) is 0 Å². The highest BCUT2D eigenvalue weighted by atomic mass is 32.1. The molecule has 0 radical (unpaired) electrons. The molecule has 0 saturated heterocycles. The Bertz CT molecular complexity index is 422. The largest absolute Gasteiger partial charge is 0.392 e. The van der Waals surface area contributed by atoms with Gasteiger partial charge in [-0.3, -0.25) is 14.6 Å². The predicted octanol–water partition coefficient (Wildman–Crippen LogP) is -0.900. The summed E-state index contributed by atoms with van der Waals surface area (Å²) in [5.41, 5.74) is 5.99. The van der Waals surface area contributed by atoms with E-state index in [4.69, 9.17) is 5.73 Å². The molecule has 0 saturated carbocycles. The summed E-state index contributed by atoms with van der Waals surface area (Å²) in [6.07, 6.45) is 3.23. The maximum atomic E-state index is 11.3. The van der Waals surface area contributed by atoms with Crippen molar-refractivity contribution in [2.75, 3.05) is 6.54 Å². The second-order valence-electron chi connectivity index (χ2n) is 3.19. The predicted molar refractivity (Wildman–Crippen MR) is 65.9 cm³/mol. The van der Waals surface area contributed by atoms with Gasteiger partial charge in [-0.05, 0) is 11.6 Å². The van der Waals surface area contributed by atoms with Crippen LogP contribution in [0.3, 0.4) is 0 Å². The maximum absolute atomic E-state index is 11.3. The van der Waals surface area contributed by atoms with Gasteiger partial charge in [-0.1, -0.05) is 18.3 Å². The fourth-order valence-electron chi connectivity index (χ4n) is 1.01. The standard InChI is InChI=1S/C10H12N4O2S/c11-8(17)6-14-10(16)9(15)13-5-7-2-1-3-12-4-7/h1-4H,5-6H2,(H2,11,17)(H,13,15)(H,14,16). The van der Waals surface area contributed by atoms with Crippen molar-refractivity contribution in [3.05, 3.63) is 30.1 Å². The second-order valence-corrected chi connectivity index (χ2v) is 3.72. The van der Waals surface area contributed by atoms with E-state index in [0.29, 0.717) is 0 Å². The minimum absolute atomic E-state index is 0.00841. The van der Waals surface area contributed by atoms with Crippen molar-refractivity contribution in [2.45, 2.75) is 6.54 Å². The van der Waals surface area contributed by atoms with Crippen LogP contribution >= 0.6 is 12.2 Å². The third-order valence-electron chi connectivity index (χ3n) is 1.81. The van der Waals surface area contributed by atoms with Crippen molar-refractivity contribution < 1.29 is 9.59 Å². The zero-order valence-electron chi connectivity index (χ0n) is 8.97. The Morgan fingerprint density at radius 1 is 1.35 bits per heavy atom. The van der Waals surface area contributed by atoms with E-state index in [0.717, 1.165) is 5.56 Å². The molecule has 1 aromatic rings. The van der Waals surface area contributed by atoms with Crippen LogP contribution < -0.4 is 16.4 Å². The highest BCUT2D eigenvalue weighted by Gasteiger charge is 2.12. The SMILES string of the molecule is NC(=S)CNC(=O)C(=O)NCc1cccnc1. The first-order valence-corrected chi connectivity index (χ1v) is 5.23. The molecule has 1 heterocycles. The van der Waals surface area contributed by atoms with Gasteiger partial charge in [-0.15, -0.1) is 0 Å². The van der Waals surface area contributed by atoms with Crippen LogP contribution in [0, 0.1) is 0 Å². The van der Waals surface area contributed by atoms with E-state index in [9.17, 15) is 9.59 Å². The van der Waals surface area contributed by atoms with Crippen molar-refractivity contribution in [3.63, 3.8) is 0 Å². The third-order valence-corrected chi connectivity index (χ3v) is 1.95. The normalized spacial score (nSPS) is 9.41. The molecule has 6 nitrogen and oxygen atoms in total. The summed E-state index contributed by atoms with van der Waals surface area (Å²) < 4.78 is 0. The zero-order valence-corrected chi connectivity index (χ0v) is 9.79. The lowest BCUT2D eigenvalue weighted by molar-refractivity contribution is -0.139. The number of carbonyl (C=O) groups is 2. The smallest absolute Gasteiger partial charge is 0.309 e. The molecule has 0 aliphatic rings. The van der Waals surface area contributed by atoms with E-state index >= 15 is 0 Å². The number of hydrogen-bond acceptors (Lipinski definition) is 4. The van der Waals surface area contributed by atoms with Gasteiger partial charge in [0.25, 0.3) is 0 Å². The van der Waals surface area contributed by atoms with E-state index in [1.54, 1.807) is 24.5 Å². The summed E-state index contributed by atoms with van der Waals surface area (Å²) in [6, 6.07) is 3.54. The monoisotopic (exact) mass is 252 g/mol. The third kappa shape index (κ3) is 5.03. The first kappa shape index (κ1) is 13.0. The van der Waals surface area contributed by atoms with Gasteiger partial charge in [0.15, 0.2) is 0 Å². The van der Waals surface area contributed by atoms with Gasteiger partial charge < -0.3 is 16.4 Å². The number of pyridine rings is 1. The first-order chi connectivity index (χ1) is 8.09. The number of nitrogens with zero attached hydrogens (tertiary/aromatic N) is 1. The Balaban J connectivity index is 2.34. The van der Waals surface area contributed by atoms with Crippen molar-refractivity contribution in [3.8, 4) is 0 Å². The molecule has 0 aliphatic heterocycles. The number of rotatable bonds is 4. The fourth-order valence-corrected chi connectivity index (χ4v) is 1.09. The van der Waals surface area contributed by atoms with Gasteiger partial charge in [0, 0.05) is 18.9 Å². The molecule has 0 fully saturated rings. The second kappa shape index (κ2) is 6.54. The molecule has 1 aromatic heterocycles. The number of carbonyl (C=O) groups excluding carboxylic acids is 2. The highest BCUT2D eigenvalue weighted by molar-refractivity contribution is 7.80. The molecule has 0 bridgehead atoms. The van der Waals surface area contributed by atoms with Crippen molar-refractivity contribution >= 4 is 29.0 Å². The molecule has 7 heteroatoms. The van der Waals surface area contributed by atoms with E-state index in [1.165, 1.54) is 0 Å². The average molecular weight is 252 g/mol. The summed E-state index contributed by atoms with van der Waals surface area (Å²) in [5.74, 6) is -1.49. The van der Waals surface area contributed by atoms with E-state index in [2.05, 4.69) is 27.8 Å². The fraction of sp³-hybridized carbons (Fsp3) is 0.200. The number of aromatic nitrogens is 1. The Morgan fingerprint density at radius 3 is 2.65 bits per heavy atom. The number of hydrogen-bond donors (Lipinski definition) is 3. The molecule has 0 aliphatic carbocycles. The van der Waals surface area contributed by atoms with Crippen LogP contribution in [0.2, 0.25) is 0 Å². The molecule has 2 amide bonds. The van der Waals surface area contributed by atoms with Gasteiger partial charge in [0.2, 0.25) is 0 Å². The molecule has 4 N–H and O–H groups in total. The van der Waals surface area contributed by atoms with E-state index < -0.39 is 11.8 Å². The lowest BCUT2D eigenvalue weighted by atomic mass is 10.3. The quantitative estimate of drug-likeness (QED) is 0.476.